The van der Waals surface area contributed by atoms with Crippen molar-refractivity contribution < 1.29 is 14.0 Å². The first-order valence-electron chi connectivity index (χ1n) is 7.63. The van der Waals surface area contributed by atoms with Crippen LogP contribution < -0.4 is 10.2 Å². The molecule has 1 heterocycles. The van der Waals surface area contributed by atoms with Crippen molar-refractivity contribution in [3.05, 3.63) is 30.1 Å². The summed E-state index contributed by atoms with van der Waals surface area (Å²) < 4.78 is 12.9. The highest BCUT2D eigenvalue weighted by Gasteiger charge is 2.30. The van der Waals surface area contributed by atoms with Crippen molar-refractivity contribution in [2.24, 2.45) is 5.92 Å². The number of hydrogen-bond acceptors (Lipinski definition) is 2. The van der Waals surface area contributed by atoms with E-state index in [1.54, 1.807) is 21.9 Å². The van der Waals surface area contributed by atoms with E-state index in [4.69, 9.17) is 0 Å². The van der Waals surface area contributed by atoms with Crippen LogP contribution in [-0.2, 0) is 4.79 Å². The van der Waals surface area contributed by atoms with Crippen molar-refractivity contribution in [3.8, 4) is 0 Å². The number of carbonyl (C=O) groups excluding carboxylic acids is 2. The number of nitrogens with one attached hydrogen (secondary N) is 1. The van der Waals surface area contributed by atoms with Gasteiger partial charge in [0, 0.05) is 44.2 Å². The fourth-order valence-corrected chi connectivity index (χ4v) is 2.64. The Bertz CT molecular complexity index is 529. The van der Waals surface area contributed by atoms with E-state index >= 15 is 0 Å². The topological polar surface area (TPSA) is 52.7 Å². The molecule has 1 atom stereocenters. The molecule has 1 aromatic carbocycles. The van der Waals surface area contributed by atoms with Gasteiger partial charge < -0.3 is 15.1 Å². The first-order chi connectivity index (χ1) is 10.5. The van der Waals surface area contributed by atoms with Crippen molar-refractivity contribution in [1.29, 1.82) is 0 Å². The highest BCUT2D eigenvalue weighted by molar-refractivity contribution is 5.95. The summed E-state index contributed by atoms with van der Waals surface area (Å²) in [4.78, 5) is 27.3. The van der Waals surface area contributed by atoms with Gasteiger partial charge in [-0.3, -0.25) is 4.79 Å². The third-order valence-electron chi connectivity index (χ3n) is 3.94. The molecule has 120 valence electrons. The minimum atomic E-state index is -0.321. The van der Waals surface area contributed by atoms with Crippen LogP contribution in [0.15, 0.2) is 24.3 Å². The zero-order valence-corrected chi connectivity index (χ0v) is 13.0. The Morgan fingerprint density at radius 2 is 1.95 bits per heavy atom. The van der Waals surface area contributed by atoms with Gasteiger partial charge in [-0.2, -0.15) is 0 Å². The fourth-order valence-electron chi connectivity index (χ4n) is 2.64. The molecule has 1 aliphatic rings. The standard InChI is InChI=1S/C16H22FN3O2/c1-3-19(4-2)16(22)18-10-12-9-15(21)20(11-12)14-7-5-13(17)6-8-14/h5-8,12H,3-4,9-11H2,1-2H3,(H,18,22). The molecule has 0 radical (unpaired) electrons. The summed E-state index contributed by atoms with van der Waals surface area (Å²) >= 11 is 0. The lowest BCUT2D eigenvalue weighted by atomic mass is 10.1. The van der Waals surface area contributed by atoms with E-state index in [-0.39, 0.29) is 23.7 Å². The second-order valence-electron chi connectivity index (χ2n) is 5.41. The minimum absolute atomic E-state index is 0.00805. The van der Waals surface area contributed by atoms with Gasteiger partial charge in [0.25, 0.3) is 0 Å². The van der Waals surface area contributed by atoms with E-state index in [1.807, 2.05) is 13.8 Å². The molecule has 1 saturated heterocycles. The summed E-state index contributed by atoms with van der Waals surface area (Å²) in [6, 6.07) is 5.79. The number of carbonyl (C=O) groups is 2. The van der Waals surface area contributed by atoms with Crippen LogP contribution in [0.25, 0.3) is 0 Å². The first kappa shape index (κ1) is 16.3. The van der Waals surface area contributed by atoms with Gasteiger partial charge in [0.15, 0.2) is 0 Å². The zero-order chi connectivity index (χ0) is 16.1. The normalized spacial score (nSPS) is 17.7. The molecule has 0 bridgehead atoms. The molecule has 0 saturated carbocycles. The van der Waals surface area contributed by atoms with Gasteiger partial charge in [0.1, 0.15) is 5.82 Å². The van der Waals surface area contributed by atoms with Crippen molar-refractivity contribution in [2.75, 3.05) is 31.1 Å². The maximum Gasteiger partial charge on any atom is 0.317 e. The number of benzene rings is 1. The average Bonchev–Trinajstić information content (AvgIpc) is 2.88. The Morgan fingerprint density at radius 3 is 2.55 bits per heavy atom. The Morgan fingerprint density at radius 1 is 1.32 bits per heavy atom. The second kappa shape index (κ2) is 7.24. The molecule has 1 aliphatic heterocycles. The van der Waals surface area contributed by atoms with Crippen LogP contribution in [0.4, 0.5) is 14.9 Å². The number of rotatable bonds is 5. The monoisotopic (exact) mass is 307 g/mol. The molecule has 3 amide bonds. The molecule has 0 spiro atoms. The summed E-state index contributed by atoms with van der Waals surface area (Å²) in [5.41, 5.74) is 0.698. The van der Waals surface area contributed by atoms with Gasteiger partial charge in [-0.25, -0.2) is 9.18 Å². The van der Waals surface area contributed by atoms with Crippen LogP contribution in [0.1, 0.15) is 20.3 Å². The lowest BCUT2D eigenvalue weighted by molar-refractivity contribution is -0.117. The smallest absolute Gasteiger partial charge is 0.317 e. The molecule has 5 nitrogen and oxygen atoms in total. The fraction of sp³-hybridized carbons (Fsp3) is 0.500. The lowest BCUT2D eigenvalue weighted by Gasteiger charge is -2.21. The van der Waals surface area contributed by atoms with Gasteiger partial charge >= 0.3 is 6.03 Å². The van der Waals surface area contributed by atoms with E-state index < -0.39 is 0 Å². The Kier molecular flexibility index (Phi) is 5.35. The Labute approximate surface area is 130 Å². The SMILES string of the molecule is CCN(CC)C(=O)NCC1CC(=O)N(c2ccc(F)cc2)C1. The number of urea groups is 1. The van der Waals surface area contributed by atoms with Gasteiger partial charge in [-0.1, -0.05) is 0 Å². The van der Waals surface area contributed by atoms with Gasteiger partial charge in [0.05, 0.1) is 0 Å². The third-order valence-corrected chi connectivity index (χ3v) is 3.94. The quantitative estimate of drug-likeness (QED) is 0.907. The van der Waals surface area contributed by atoms with Crippen molar-refractivity contribution in [3.63, 3.8) is 0 Å². The zero-order valence-electron chi connectivity index (χ0n) is 13.0. The molecule has 6 heteroatoms. The number of anilines is 1. The molecule has 1 fully saturated rings. The van der Waals surface area contributed by atoms with Crippen LogP contribution in [0.2, 0.25) is 0 Å². The number of nitrogens with zero attached hydrogens (tertiary/aromatic N) is 2. The highest BCUT2D eigenvalue weighted by Crippen LogP contribution is 2.24. The number of halogens is 1. The minimum Gasteiger partial charge on any atom is -0.338 e. The summed E-state index contributed by atoms with van der Waals surface area (Å²) in [7, 11) is 0. The van der Waals surface area contributed by atoms with Crippen LogP contribution in [0.3, 0.4) is 0 Å². The largest absolute Gasteiger partial charge is 0.338 e. The molecule has 1 unspecified atom stereocenters. The number of hydrogen-bond donors (Lipinski definition) is 1. The van der Waals surface area contributed by atoms with E-state index in [0.717, 1.165) is 0 Å². The van der Waals surface area contributed by atoms with E-state index in [2.05, 4.69) is 5.32 Å². The number of amides is 3. The van der Waals surface area contributed by atoms with E-state index in [0.29, 0.717) is 38.3 Å². The molecule has 22 heavy (non-hydrogen) atoms. The van der Waals surface area contributed by atoms with Crippen LogP contribution in [-0.4, -0.2) is 43.0 Å². The summed E-state index contributed by atoms with van der Waals surface area (Å²) in [5.74, 6) is -0.232. The van der Waals surface area contributed by atoms with E-state index in [9.17, 15) is 14.0 Å². The van der Waals surface area contributed by atoms with Crippen LogP contribution in [0, 0.1) is 11.7 Å². The average molecular weight is 307 g/mol. The Hall–Kier alpha value is -2.11. The molecule has 0 aromatic heterocycles. The van der Waals surface area contributed by atoms with Crippen LogP contribution >= 0.6 is 0 Å². The predicted octanol–water partition coefficient (Wildman–Crippen LogP) is 2.23. The van der Waals surface area contributed by atoms with E-state index in [1.165, 1.54) is 12.1 Å². The maximum absolute atomic E-state index is 12.9. The molecular formula is C16H22FN3O2. The molecule has 1 aromatic rings. The summed E-state index contributed by atoms with van der Waals surface area (Å²) in [5, 5.41) is 2.88. The van der Waals surface area contributed by atoms with Crippen molar-refractivity contribution in [1.82, 2.24) is 10.2 Å². The van der Waals surface area contributed by atoms with Gasteiger partial charge in [0.2, 0.25) is 5.91 Å². The molecule has 2 rings (SSSR count). The predicted molar refractivity (Wildman–Crippen MR) is 83.2 cm³/mol. The molecular weight excluding hydrogens is 285 g/mol. The van der Waals surface area contributed by atoms with Crippen molar-refractivity contribution >= 4 is 17.6 Å². The highest BCUT2D eigenvalue weighted by atomic mass is 19.1. The summed E-state index contributed by atoms with van der Waals surface area (Å²) in [6.45, 7) is 6.19. The second-order valence-corrected chi connectivity index (χ2v) is 5.41. The first-order valence-corrected chi connectivity index (χ1v) is 7.63. The van der Waals surface area contributed by atoms with Gasteiger partial charge in [-0.05, 0) is 38.1 Å². The lowest BCUT2D eigenvalue weighted by Crippen LogP contribution is -2.42. The molecule has 0 aliphatic carbocycles. The Balaban J connectivity index is 1.90. The van der Waals surface area contributed by atoms with Crippen LogP contribution in [0.5, 0.6) is 0 Å². The van der Waals surface area contributed by atoms with Gasteiger partial charge in [-0.15, -0.1) is 0 Å². The molecule has 1 N–H and O–H groups in total. The maximum atomic E-state index is 12.9. The summed E-state index contributed by atoms with van der Waals surface area (Å²) in [6.07, 6.45) is 0.399. The third kappa shape index (κ3) is 3.75. The van der Waals surface area contributed by atoms with Crippen molar-refractivity contribution in [2.45, 2.75) is 20.3 Å².